The Balaban J connectivity index is 1.63. The number of aliphatic hydroxyl groups excluding tert-OH is 1. The number of hydrogen-bond donors (Lipinski definition) is 1. The molecule has 0 aliphatic heterocycles. The lowest BCUT2D eigenvalue weighted by Gasteiger charge is -2.70. The van der Waals surface area contributed by atoms with Crippen molar-refractivity contribution in [3.05, 3.63) is 11.6 Å². The second-order valence-corrected chi connectivity index (χ2v) is 15.2. The van der Waals surface area contributed by atoms with E-state index in [1.807, 2.05) is 0 Å². The maximum Gasteiger partial charge on any atom is 0.159 e. The van der Waals surface area contributed by atoms with Gasteiger partial charge in [0.05, 0.1) is 6.10 Å². The number of fused-ring (bicyclic) bond motifs is 7. The van der Waals surface area contributed by atoms with Gasteiger partial charge >= 0.3 is 0 Å². The van der Waals surface area contributed by atoms with Gasteiger partial charge in [0.25, 0.3) is 0 Å². The van der Waals surface area contributed by atoms with Gasteiger partial charge in [0, 0.05) is 5.92 Å². The standard InChI is InChI=1S/C30H48O2/c1-25(2)13-14-27(5)15-16-30(8)24(19(27)18-25)20(31)17-22-28(6)11-10-23(32)26(3,4)21(28)9-12-29(22,30)7/h17,19,21,23-24,32H,9-16,18H2,1-8H3/t19?,21-,23?,24?,27?,28?,29+,30+/m0/s1. The molecule has 0 aromatic rings. The highest BCUT2D eigenvalue weighted by molar-refractivity contribution is 5.95. The third-order valence-corrected chi connectivity index (χ3v) is 12.8. The highest BCUT2D eigenvalue weighted by atomic mass is 16.3. The molecule has 4 fully saturated rings. The summed E-state index contributed by atoms with van der Waals surface area (Å²) in [4.78, 5) is 14.2. The van der Waals surface area contributed by atoms with Crippen LogP contribution in [0.15, 0.2) is 11.6 Å². The van der Waals surface area contributed by atoms with Crippen LogP contribution in [0.1, 0.15) is 113 Å². The predicted octanol–water partition coefficient (Wildman–Crippen LogP) is 7.35. The molecule has 0 amide bonds. The third-order valence-electron chi connectivity index (χ3n) is 12.8. The molecule has 0 spiro atoms. The Kier molecular flexibility index (Phi) is 4.71. The van der Waals surface area contributed by atoms with Gasteiger partial charge < -0.3 is 5.11 Å². The van der Waals surface area contributed by atoms with Crippen molar-refractivity contribution in [1.29, 1.82) is 0 Å². The van der Waals surface area contributed by atoms with Crippen LogP contribution < -0.4 is 0 Å². The van der Waals surface area contributed by atoms with E-state index in [4.69, 9.17) is 0 Å². The predicted molar refractivity (Wildman–Crippen MR) is 131 cm³/mol. The molecule has 5 aliphatic rings. The number of rotatable bonds is 0. The summed E-state index contributed by atoms with van der Waals surface area (Å²) in [6.45, 7) is 19.4. The summed E-state index contributed by atoms with van der Waals surface area (Å²) in [5.41, 5.74) is 2.23. The summed E-state index contributed by atoms with van der Waals surface area (Å²) in [5.74, 6) is 1.59. The molecule has 5 unspecified atom stereocenters. The molecule has 0 bridgehead atoms. The van der Waals surface area contributed by atoms with Gasteiger partial charge in [-0.05, 0) is 108 Å². The highest BCUT2D eigenvalue weighted by Gasteiger charge is 2.69. The summed E-state index contributed by atoms with van der Waals surface area (Å²) < 4.78 is 0. The fraction of sp³-hybridized carbons (Fsp3) is 0.900. The van der Waals surface area contributed by atoms with E-state index >= 15 is 0 Å². The van der Waals surface area contributed by atoms with Crippen molar-refractivity contribution in [2.24, 2.45) is 50.2 Å². The summed E-state index contributed by atoms with van der Waals surface area (Å²) >= 11 is 0. The van der Waals surface area contributed by atoms with Crippen LogP contribution in [0.5, 0.6) is 0 Å². The second kappa shape index (κ2) is 6.52. The van der Waals surface area contributed by atoms with Gasteiger partial charge in [0.15, 0.2) is 5.78 Å². The molecule has 1 N–H and O–H groups in total. The maximum atomic E-state index is 14.2. The van der Waals surface area contributed by atoms with Gasteiger partial charge in [-0.3, -0.25) is 4.79 Å². The van der Waals surface area contributed by atoms with E-state index in [1.54, 1.807) is 0 Å². The SMILES string of the molecule is CC1(C)CCC2(C)CC[C@]3(C)C(C(=O)C=C4C5(C)CCC(O)C(C)(C)[C@@H]5CC[C@]43C)C2C1. The van der Waals surface area contributed by atoms with Crippen LogP contribution in [0, 0.1) is 50.2 Å². The second-order valence-electron chi connectivity index (χ2n) is 15.2. The molecule has 0 radical (unpaired) electrons. The van der Waals surface area contributed by atoms with E-state index in [9.17, 15) is 9.90 Å². The molecule has 2 nitrogen and oxygen atoms in total. The number of ketones is 1. The third kappa shape index (κ3) is 2.71. The van der Waals surface area contributed by atoms with E-state index in [0.29, 0.717) is 28.4 Å². The minimum absolute atomic E-state index is 0.0337. The number of allylic oxidation sites excluding steroid dienone is 2. The largest absolute Gasteiger partial charge is 0.393 e. The molecule has 2 heteroatoms. The van der Waals surface area contributed by atoms with Gasteiger partial charge in [-0.15, -0.1) is 0 Å². The first-order chi connectivity index (χ1) is 14.6. The molecule has 5 rings (SSSR count). The lowest BCUT2D eigenvalue weighted by molar-refractivity contribution is -0.177. The van der Waals surface area contributed by atoms with E-state index < -0.39 is 0 Å². The lowest BCUT2D eigenvalue weighted by Crippen LogP contribution is -2.65. The lowest BCUT2D eigenvalue weighted by atomic mass is 9.34. The van der Waals surface area contributed by atoms with Gasteiger partial charge in [-0.1, -0.05) is 61.0 Å². The summed E-state index contributed by atoms with van der Waals surface area (Å²) in [7, 11) is 0. The van der Waals surface area contributed by atoms with Crippen LogP contribution in [0.4, 0.5) is 0 Å². The van der Waals surface area contributed by atoms with Gasteiger partial charge in [0.1, 0.15) is 0 Å². The molecule has 0 aromatic carbocycles. The minimum Gasteiger partial charge on any atom is -0.393 e. The molecule has 8 atom stereocenters. The number of aliphatic hydroxyl groups is 1. The van der Waals surface area contributed by atoms with Crippen LogP contribution in [-0.2, 0) is 4.79 Å². The van der Waals surface area contributed by atoms with Crippen LogP contribution in [0.3, 0.4) is 0 Å². The monoisotopic (exact) mass is 440 g/mol. The molecule has 0 aromatic heterocycles. The molecule has 5 aliphatic carbocycles. The Labute approximate surface area is 197 Å². The first kappa shape index (κ1) is 23.1. The van der Waals surface area contributed by atoms with Crippen LogP contribution in [0.2, 0.25) is 0 Å². The fourth-order valence-electron chi connectivity index (χ4n) is 10.3. The molecule has 0 saturated heterocycles. The van der Waals surface area contributed by atoms with Crippen LogP contribution in [0.25, 0.3) is 0 Å². The Hall–Kier alpha value is -0.630. The summed E-state index contributed by atoms with van der Waals surface area (Å²) in [6.07, 6.45) is 12.4. The Morgan fingerprint density at radius 3 is 2.19 bits per heavy atom. The molecule has 4 saturated carbocycles. The molecule has 32 heavy (non-hydrogen) atoms. The van der Waals surface area contributed by atoms with Crippen molar-refractivity contribution in [3.63, 3.8) is 0 Å². The number of hydrogen-bond acceptors (Lipinski definition) is 2. The van der Waals surface area contributed by atoms with E-state index in [2.05, 4.69) is 61.5 Å². The molecular formula is C30H48O2. The maximum absolute atomic E-state index is 14.2. The number of carbonyl (C=O) groups is 1. The zero-order chi connectivity index (χ0) is 23.5. The zero-order valence-corrected chi connectivity index (χ0v) is 22.1. The summed E-state index contributed by atoms with van der Waals surface area (Å²) in [5, 5.41) is 10.9. The normalized spacial score (nSPS) is 53.9. The molecule has 0 heterocycles. The quantitative estimate of drug-likeness (QED) is 0.427. The smallest absolute Gasteiger partial charge is 0.159 e. The minimum atomic E-state index is -0.229. The Morgan fingerprint density at radius 1 is 0.844 bits per heavy atom. The van der Waals surface area contributed by atoms with Crippen molar-refractivity contribution in [2.45, 2.75) is 119 Å². The van der Waals surface area contributed by atoms with Gasteiger partial charge in [-0.2, -0.15) is 0 Å². The van der Waals surface area contributed by atoms with E-state index in [1.165, 1.54) is 50.5 Å². The Morgan fingerprint density at radius 2 is 1.50 bits per heavy atom. The van der Waals surface area contributed by atoms with Crippen LogP contribution >= 0.6 is 0 Å². The van der Waals surface area contributed by atoms with Crippen LogP contribution in [-0.4, -0.2) is 17.0 Å². The Bertz CT molecular complexity index is 866. The average Bonchev–Trinajstić information content (AvgIpc) is 2.68. The molecule has 180 valence electrons. The van der Waals surface area contributed by atoms with Gasteiger partial charge in [-0.25, -0.2) is 0 Å². The zero-order valence-electron chi connectivity index (χ0n) is 22.1. The average molecular weight is 441 g/mol. The van der Waals surface area contributed by atoms with Crippen molar-refractivity contribution >= 4 is 5.78 Å². The van der Waals surface area contributed by atoms with E-state index in [-0.39, 0.29) is 33.7 Å². The molecular weight excluding hydrogens is 392 g/mol. The first-order valence-corrected chi connectivity index (χ1v) is 13.6. The van der Waals surface area contributed by atoms with E-state index in [0.717, 1.165) is 12.8 Å². The van der Waals surface area contributed by atoms with Crippen molar-refractivity contribution in [3.8, 4) is 0 Å². The first-order valence-electron chi connectivity index (χ1n) is 13.6. The number of carbonyl (C=O) groups excluding carboxylic acids is 1. The van der Waals surface area contributed by atoms with Crippen molar-refractivity contribution in [2.75, 3.05) is 0 Å². The fourth-order valence-corrected chi connectivity index (χ4v) is 10.3. The van der Waals surface area contributed by atoms with Crippen molar-refractivity contribution < 1.29 is 9.90 Å². The van der Waals surface area contributed by atoms with Gasteiger partial charge in [0.2, 0.25) is 0 Å². The summed E-state index contributed by atoms with van der Waals surface area (Å²) in [6, 6.07) is 0. The topological polar surface area (TPSA) is 37.3 Å². The highest BCUT2D eigenvalue weighted by Crippen LogP contribution is 2.75. The van der Waals surface area contributed by atoms with Crippen molar-refractivity contribution in [1.82, 2.24) is 0 Å².